The fourth-order valence-corrected chi connectivity index (χ4v) is 2.78. The third-order valence-electron chi connectivity index (χ3n) is 3.50. The lowest BCUT2D eigenvalue weighted by Gasteiger charge is -2.17. The minimum atomic E-state index is 0.129. The smallest absolute Gasteiger partial charge is 0.125 e. The molecule has 1 aliphatic rings. The summed E-state index contributed by atoms with van der Waals surface area (Å²) in [5.74, 6) is 0.850. The van der Waals surface area contributed by atoms with Gasteiger partial charge >= 0.3 is 0 Å². The van der Waals surface area contributed by atoms with Crippen molar-refractivity contribution >= 4 is 11.6 Å². The van der Waals surface area contributed by atoms with Gasteiger partial charge in [-0.1, -0.05) is 48.5 Å². The summed E-state index contributed by atoms with van der Waals surface area (Å²) in [6.45, 7) is 5.05. The Morgan fingerprint density at radius 2 is 2.10 bits per heavy atom. The van der Waals surface area contributed by atoms with E-state index in [1.54, 1.807) is 6.08 Å². The first kappa shape index (κ1) is 13.2. The van der Waals surface area contributed by atoms with Gasteiger partial charge in [-0.25, -0.2) is 0 Å². The van der Waals surface area contributed by atoms with Crippen LogP contribution >= 0.6 is 11.6 Å². The Labute approximate surface area is 124 Å². The molecule has 2 aromatic carbocycles. The van der Waals surface area contributed by atoms with Crippen molar-refractivity contribution in [3.63, 3.8) is 0 Å². The number of benzene rings is 2. The van der Waals surface area contributed by atoms with Crippen molar-refractivity contribution in [2.24, 2.45) is 0 Å². The Hall–Kier alpha value is -1.77. The molecule has 3 heteroatoms. The minimum absolute atomic E-state index is 0.129. The Kier molecular flexibility index (Phi) is 3.77. The van der Waals surface area contributed by atoms with E-state index < -0.39 is 0 Å². The summed E-state index contributed by atoms with van der Waals surface area (Å²) in [5.41, 5.74) is 3.69. The van der Waals surface area contributed by atoms with Gasteiger partial charge in [0.1, 0.15) is 12.4 Å². The molecule has 1 heterocycles. The summed E-state index contributed by atoms with van der Waals surface area (Å²) in [4.78, 5) is 0. The van der Waals surface area contributed by atoms with Crippen LogP contribution in [0.3, 0.4) is 0 Å². The molecular formula is C17H16ClNO. The van der Waals surface area contributed by atoms with E-state index in [0.29, 0.717) is 6.61 Å². The third-order valence-corrected chi connectivity index (χ3v) is 3.74. The van der Waals surface area contributed by atoms with Crippen LogP contribution in [0.2, 0.25) is 5.02 Å². The maximum Gasteiger partial charge on any atom is 0.125 e. The predicted molar refractivity (Wildman–Crippen MR) is 82.3 cm³/mol. The maximum atomic E-state index is 6.15. The first-order chi connectivity index (χ1) is 9.79. The van der Waals surface area contributed by atoms with Crippen molar-refractivity contribution in [2.75, 3.05) is 6.61 Å². The van der Waals surface area contributed by atoms with Gasteiger partial charge in [-0.15, -0.1) is 0 Å². The van der Waals surface area contributed by atoms with E-state index in [2.05, 4.69) is 36.2 Å². The van der Waals surface area contributed by atoms with Crippen LogP contribution in [0.5, 0.6) is 5.75 Å². The highest BCUT2D eigenvalue weighted by molar-refractivity contribution is 6.30. The van der Waals surface area contributed by atoms with Crippen LogP contribution in [-0.2, 0) is 6.54 Å². The molecule has 1 unspecified atom stereocenters. The highest BCUT2D eigenvalue weighted by Gasteiger charge is 2.25. The molecule has 102 valence electrons. The van der Waals surface area contributed by atoms with Crippen LogP contribution in [0.25, 0.3) is 0 Å². The van der Waals surface area contributed by atoms with Crippen molar-refractivity contribution < 1.29 is 4.74 Å². The van der Waals surface area contributed by atoms with Gasteiger partial charge in [-0.3, -0.25) is 0 Å². The molecule has 0 saturated carbocycles. The van der Waals surface area contributed by atoms with Crippen molar-refractivity contribution in [1.29, 1.82) is 0 Å². The molecule has 1 aliphatic heterocycles. The number of ether oxygens (including phenoxy) is 1. The van der Waals surface area contributed by atoms with Crippen LogP contribution in [-0.4, -0.2) is 6.61 Å². The first-order valence-corrected chi connectivity index (χ1v) is 7.01. The molecule has 1 atom stereocenters. The zero-order chi connectivity index (χ0) is 13.9. The van der Waals surface area contributed by atoms with E-state index in [0.717, 1.165) is 22.9 Å². The molecule has 0 spiro atoms. The summed E-state index contributed by atoms with van der Waals surface area (Å²) in [6, 6.07) is 14.3. The molecule has 2 nitrogen and oxygen atoms in total. The van der Waals surface area contributed by atoms with Crippen LogP contribution in [0.15, 0.2) is 55.1 Å². The second-order valence-electron chi connectivity index (χ2n) is 4.79. The summed E-state index contributed by atoms with van der Waals surface area (Å²) < 4.78 is 5.75. The normalized spacial score (nSPS) is 16.8. The molecule has 2 aromatic rings. The number of nitrogens with one attached hydrogen (secondary N) is 1. The minimum Gasteiger partial charge on any atom is -0.489 e. The van der Waals surface area contributed by atoms with Crippen molar-refractivity contribution in [3.05, 3.63) is 76.8 Å². The second-order valence-corrected chi connectivity index (χ2v) is 5.23. The number of hydrogen-bond acceptors (Lipinski definition) is 2. The highest BCUT2D eigenvalue weighted by atomic mass is 35.5. The summed E-state index contributed by atoms with van der Waals surface area (Å²) >= 11 is 6.15. The molecule has 0 saturated heterocycles. The Morgan fingerprint density at radius 1 is 1.25 bits per heavy atom. The molecule has 1 N–H and O–H groups in total. The maximum absolute atomic E-state index is 6.15. The van der Waals surface area contributed by atoms with Crippen LogP contribution < -0.4 is 10.1 Å². The largest absolute Gasteiger partial charge is 0.489 e. The second kappa shape index (κ2) is 5.70. The number of hydrogen-bond donors (Lipinski definition) is 1. The standard InChI is InChI=1S/C17H16ClNO/c1-2-9-20-16-8-7-13(18)10-15(16)17-14-6-4-3-5-12(14)11-19-17/h2-8,10,17,19H,1,9,11H2. The number of rotatable bonds is 4. The van der Waals surface area contributed by atoms with Crippen molar-refractivity contribution in [3.8, 4) is 5.75 Å². The van der Waals surface area contributed by atoms with E-state index in [9.17, 15) is 0 Å². The lowest BCUT2D eigenvalue weighted by molar-refractivity contribution is 0.356. The zero-order valence-electron chi connectivity index (χ0n) is 11.1. The van der Waals surface area contributed by atoms with Gasteiger partial charge in [-0.05, 0) is 29.3 Å². The SMILES string of the molecule is C=CCOc1ccc(Cl)cc1C1NCc2ccccc21. The lowest BCUT2D eigenvalue weighted by atomic mass is 9.98. The van der Waals surface area contributed by atoms with E-state index in [-0.39, 0.29) is 6.04 Å². The van der Waals surface area contributed by atoms with Crippen molar-refractivity contribution in [2.45, 2.75) is 12.6 Å². The molecule has 0 bridgehead atoms. The summed E-state index contributed by atoms with van der Waals surface area (Å²) in [5, 5.41) is 4.24. The van der Waals surface area contributed by atoms with Crippen LogP contribution in [0, 0.1) is 0 Å². The monoisotopic (exact) mass is 285 g/mol. The summed E-state index contributed by atoms with van der Waals surface area (Å²) in [6.07, 6.45) is 1.74. The van der Waals surface area contributed by atoms with Gasteiger partial charge in [-0.2, -0.15) is 0 Å². The quantitative estimate of drug-likeness (QED) is 0.854. The molecular weight excluding hydrogens is 270 g/mol. The number of fused-ring (bicyclic) bond motifs is 1. The van der Waals surface area contributed by atoms with E-state index in [4.69, 9.17) is 16.3 Å². The van der Waals surface area contributed by atoms with E-state index in [1.807, 2.05) is 18.2 Å². The fourth-order valence-electron chi connectivity index (χ4n) is 2.60. The molecule has 0 aromatic heterocycles. The molecule has 0 radical (unpaired) electrons. The molecule has 0 aliphatic carbocycles. The van der Waals surface area contributed by atoms with Gasteiger partial charge in [0.25, 0.3) is 0 Å². The van der Waals surface area contributed by atoms with Gasteiger partial charge in [0, 0.05) is 17.1 Å². The van der Waals surface area contributed by atoms with Gasteiger partial charge < -0.3 is 10.1 Å². The zero-order valence-corrected chi connectivity index (χ0v) is 11.9. The molecule has 0 amide bonds. The molecule has 3 rings (SSSR count). The fraction of sp³-hybridized carbons (Fsp3) is 0.176. The lowest BCUT2D eigenvalue weighted by Crippen LogP contribution is -2.14. The molecule has 0 fully saturated rings. The number of halogens is 1. The van der Waals surface area contributed by atoms with Gasteiger partial charge in [0.2, 0.25) is 0 Å². The van der Waals surface area contributed by atoms with Gasteiger partial charge in [0.15, 0.2) is 0 Å². The van der Waals surface area contributed by atoms with Crippen molar-refractivity contribution in [1.82, 2.24) is 5.32 Å². The average Bonchev–Trinajstić information content (AvgIpc) is 2.90. The average molecular weight is 286 g/mol. The Morgan fingerprint density at radius 3 is 2.95 bits per heavy atom. The van der Waals surface area contributed by atoms with Gasteiger partial charge in [0.05, 0.1) is 6.04 Å². The van der Waals surface area contributed by atoms with E-state index in [1.165, 1.54) is 11.1 Å². The third kappa shape index (κ3) is 2.45. The molecule has 20 heavy (non-hydrogen) atoms. The first-order valence-electron chi connectivity index (χ1n) is 6.64. The Bertz CT molecular complexity index is 639. The Balaban J connectivity index is 2.01. The summed E-state index contributed by atoms with van der Waals surface area (Å²) in [7, 11) is 0. The topological polar surface area (TPSA) is 21.3 Å². The van der Waals surface area contributed by atoms with E-state index >= 15 is 0 Å². The highest BCUT2D eigenvalue weighted by Crippen LogP contribution is 2.37. The predicted octanol–water partition coefficient (Wildman–Crippen LogP) is 4.10. The van der Waals surface area contributed by atoms with Crippen LogP contribution in [0.1, 0.15) is 22.7 Å². The van der Waals surface area contributed by atoms with Crippen LogP contribution in [0.4, 0.5) is 0 Å².